The maximum absolute atomic E-state index is 4.42. The Hall–Kier alpha value is -0.900. The molecule has 1 saturated carbocycles. The van der Waals surface area contributed by atoms with E-state index >= 15 is 0 Å². The van der Waals surface area contributed by atoms with E-state index in [4.69, 9.17) is 0 Å². The van der Waals surface area contributed by atoms with E-state index in [1.54, 1.807) is 0 Å². The monoisotopic (exact) mass is 248 g/mol. The summed E-state index contributed by atoms with van der Waals surface area (Å²) in [6, 6.07) is 0.514. The van der Waals surface area contributed by atoms with Crippen LogP contribution in [0.25, 0.3) is 0 Å². The fraction of sp³-hybridized carbons (Fsp3) is 0.857. The van der Waals surface area contributed by atoms with Crippen molar-refractivity contribution in [2.75, 3.05) is 13.1 Å². The van der Waals surface area contributed by atoms with Crippen molar-refractivity contribution in [1.29, 1.82) is 0 Å². The highest BCUT2D eigenvalue weighted by Gasteiger charge is 2.29. The second kappa shape index (κ2) is 5.39. The van der Waals surface area contributed by atoms with Gasteiger partial charge in [-0.2, -0.15) is 0 Å². The van der Waals surface area contributed by atoms with Crippen molar-refractivity contribution >= 4 is 0 Å². The van der Waals surface area contributed by atoms with Gasteiger partial charge in [0.05, 0.1) is 6.04 Å². The third-order valence-electron chi connectivity index (χ3n) is 4.22. The van der Waals surface area contributed by atoms with E-state index < -0.39 is 0 Å². The highest BCUT2D eigenvalue weighted by molar-refractivity contribution is 4.99. The predicted molar refractivity (Wildman–Crippen MR) is 71.2 cm³/mol. The van der Waals surface area contributed by atoms with Crippen LogP contribution in [0.2, 0.25) is 0 Å². The number of likely N-dealkylation sites (tertiary alicyclic amines) is 1. The lowest BCUT2D eigenvalue weighted by Crippen LogP contribution is -2.35. The Labute approximate surface area is 109 Å². The summed E-state index contributed by atoms with van der Waals surface area (Å²) in [4.78, 5) is 2.61. The Morgan fingerprint density at radius 2 is 2.17 bits per heavy atom. The minimum Gasteiger partial charge on any atom is -0.316 e. The lowest BCUT2D eigenvalue weighted by Gasteiger charge is -2.34. The predicted octanol–water partition coefficient (Wildman–Crippen LogP) is 2.63. The largest absolute Gasteiger partial charge is 0.316 e. The van der Waals surface area contributed by atoms with Crippen LogP contribution in [-0.2, 0) is 6.54 Å². The highest BCUT2D eigenvalue weighted by Crippen LogP contribution is 2.34. The zero-order valence-corrected chi connectivity index (χ0v) is 11.4. The van der Waals surface area contributed by atoms with Gasteiger partial charge < -0.3 is 4.57 Å². The normalized spacial score (nSPS) is 25.5. The number of hydrogen-bond donors (Lipinski definition) is 0. The minimum atomic E-state index is 0.514. The third kappa shape index (κ3) is 2.58. The van der Waals surface area contributed by atoms with Gasteiger partial charge in [-0.05, 0) is 51.1 Å². The topological polar surface area (TPSA) is 34.0 Å². The molecule has 2 fully saturated rings. The summed E-state index contributed by atoms with van der Waals surface area (Å²) in [6.45, 7) is 5.83. The summed E-state index contributed by atoms with van der Waals surface area (Å²) in [5.74, 6) is 2.11. The van der Waals surface area contributed by atoms with Gasteiger partial charge in [-0.15, -0.1) is 10.2 Å². The summed E-state index contributed by atoms with van der Waals surface area (Å²) in [6.07, 6.45) is 9.87. The van der Waals surface area contributed by atoms with E-state index in [0.717, 1.165) is 12.5 Å². The summed E-state index contributed by atoms with van der Waals surface area (Å²) < 4.78 is 2.32. The van der Waals surface area contributed by atoms with E-state index in [1.165, 1.54) is 57.4 Å². The molecule has 2 heterocycles. The van der Waals surface area contributed by atoms with Crippen LogP contribution < -0.4 is 0 Å². The molecule has 0 N–H and O–H groups in total. The molecule has 0 radical (unpaired) electrons. The smallest absolute Gasteiger partial charge is 0.150 e. The molecule has 4 heteroatoms. The van der Waals surface area contributed by atoms with Crippen LogP contribution in [0, 0.1) is 5.92 Å². The quantitative estimate of drug-likeness (QED) is 0.803. The van der Waals surface area contributed by atoms with Crippen molar-refractivity contribution in [3.05, 3.63) is 12.2 Å². The Morgan fingerprint density at radius 1 is 1.28 bits per heavy atom. The van der Waals surface area contributed by atoms with E-state index in [1.807, 2.05) is 6.33 Å². The van der Waals surface area contributed by atoms with Gasteiger partial charge in [-0.1, -0.05) is 13.3 Å². The lowest BCUT2D eigenvalue weighted by atomic mass is 10.0. The van der Waals surface area contributed by atoms with Gasteiger partial charge in [-0.25, -0.2) is 0 Å². The standard InChI is InChI=1S/C14H24N4/c1-2-8-17-9-4-3-5-13(17)14-16-15-11-18(14)10-12-6-7-12/h11-13H,2-10H2,1H3. The molecule has 1 unspecified atom stereocenters. The molecule has 0 spiro atoms. The number of nitrogens with zero attached hydrogens (tertiary/aromatic N) is 4. The maximum atomic E-state index is 4.42. The zero-order chi connectivity index (χ0) is 12.4. The van der Waals surface area contributed by atoms with Crippen molar-refractivity contribution < 1.29 is 0 Å². The molecule has 0 amide bonds. The van der Waals surface area contributed by atoms with E-state index in [0.29, 0.717) is 6.04 Å². The summed E-state index contributed by atoms with van der Waals surface area (Å²) in [7, 11) is 0. The fourth-order valence-corrected chi connectivity index (χ4v) is 3.08. The molecule has 1 aromatic heterocycles. The number of aromatic nitrogens is 3. The average molecular weight is 248 g/mol. The molecule has 0 bridgehead atoms. The van der Waals surface area contributed by atoms with E-state index in [9.17, 15) is 0 Å². The minimum absolute atomic E-state index is 0.514. The second-order valence-electron chi connectivity index (χ2n) is 5.83. The van der Waals surface area contributed by atoms with Crippen molar-refractivity contribution in [3.8, 4) is 0 Å². The second-order valence-corrected chi connectivity index (χ2v) is 5.83. The van der Waals surface area contributed by atoms with Crippen molar-refractivity contribution in [1.82, 2.24) is 19.7 Å². The molecule has 1 aromatic rings. The van der Waals surface area contributed by atoms with Crippen LogP contribution in [0.1, 0.15) is 57.3 Å². The first-order valence-corrected chi connectivity index (χ1v) is 7.50. The van der Waals surface area contributed by atoms with Gasteiger partial charge in [0.1, 0.15) is 12.2 Å². The van der Waals surface area contributed by atoms with Crippen molar-refractivity contribution in [3.63, 3.8) is 0 Å². The molecule has 100 valence electrons. The number of rotatable bonds is 5. The van der Waals surface area contributed by atoms with Crippen molar-refractivity contribution in [2.45, 2.75) is 58.0 Å². The van der Waals surface area contributed by atoms with Crippen LogP contribution in [0.3, 0.4) is 0 Å². The molecule has 3 rings (SSSR count). The van der Waals surface area contributed by atoms with Gasteiger partial charge in [0.15, 0.2) is 0 Å². The molecular weight excluding hydrogens is 224 g/mol. The first kappa shape index (κ1) is 12.2. The molecule has 1 atom stereocenters. The summed E-state index contributed by atoms with van der Waals surface area (Å²) in [5, 5.41) is 8.58. The Balaban J connectivity index is 1.75. The molecule has 1 aliphatic carbocycles. The first-order chi connectivity index (χ1) is 8.88. The fourth-order valence-electron chi connectivity index (χ4n) is 3.08. The number of hydrogen-bond acceptors (Lipinski definition) is 3. The molecule has 1 aliphatic heterocycles. The Bertz CT molecular complexity index is 381. The molecule has 1 saturated heterocycles. The lowest BCUT2D eigenvalue weighted by molar-refractivity contribution is 0.138. The average Bonchev–Trinajstić information content (AvgIpc) is 3.08. The first-order valence-electron chi connectivity index (χ1n) is 7.50. The van der Waals surface area contributed by atoms with Crippen molar-refractivity contribution in [2.24, 2.45) is 5.92 Å². The van der Waals surface area contributed by atoms with Crippen LogP contribution >= 0.6 is 0 Å². The van der Waals surface area contributed by atoms with Gasteiger partial charge in [-0.3, -0.25) is 4.90 Å². The van der Waals surface area contributed by atoms with Gasteiger partial charge in [0.2, 0.25) is 0 Å². The van der Waals surface area contributed by atoms with E-state index in [-0.39, 0.29) is 0 Å². The Morgan fingerprint density at radius 3 is 2.94 bits per heavy atom. The summed E-state index contributed by atoms with van der Waals surface area (Å²) >= 11 is 0. The van der Waals surface area contributed by atoms with Crippen LogP contribution in [-0.4, -0.2) is 32.8 Å². The molecular formula is C14H24N4. The SMILES string of the molecule is CCCN1CCCCC1c1nncn1CC1CC1. The van der Waals surface area contributed by atoms with E-state index in [2.05, 4.69) is 26.6 Å². The van der Waals surface area contributed by atoms with Crippen LogP contribution in [0.5, 0.6) is 0 Å². The molecule has 0 aromatic carbocycles. The zero-order valence-electron chi connectivity index (χ0n) is 11.4. The van der Waals surface area contributed by atoms with Gasteiger partial charge >= 0.3 is 0 Å². The third-order valence-corrected chi connectivity index (χ3v) is 4.22. The molecule has 18 heavy (non-hydrogen) atoms. The summed E-state index contributed by atoms with van der Waals surface area (Å²) in [5.41, 5.74) is 0. The Kier molecular flexibility index (Phi) is 3.64. The number of piperidine rings is 1. The molecule has 4 nitrogen and oxygen atoms in total. The highest BCUT2D eigenvalue weighted by atomic mass is 15.3. The maximum Gasteiger partial charge on any atom is 0.150 e. The van der Waals surface area contributed by atoms with Crippen LogP contribution in [0.4, 0.5) is 0 Å². The van der Waals surface area contributed by atoms with Gasteiger partial charge in [0, 0.05) is 6.54 Å². The molecule has 2 aliphatic rings. The van der Waals surface area contributed by atoms with Crippen LogP contribution in [0.15, 0.2) is 6.33 Å². The van der Waals surface area contributed by atoms with Gasteiger partial charge in [0.25, 0.3) is 0 Å².